The predicted molar refractivity (Wildman–Crippen MR) is 92.8 cm³/mol. The lowest BCUT2D eigenvalue weighted by molar-refractivity contribution is -0.130. The van der Waals surface area contributed by atoms with E-state index in [1.54, 1.807) is 12.1 Å². The van der Waals surface area contributed by atoms with Gasteiger partial charge in [0.2, 0.25) is 11.7 Å². The van der Waals surface area contributed by atoms with Crippen LogP contribution in [0.3, 0.4) is 0 Å². The molecule has 0 unspecified atom stereocenters. The predicted octanol–water partition coefficient (Wildman–Crippen LogP) is 1.98. The fourth-order valence-electron chi connectivity index (χ4n) is 2.87. The zero-order chi connectivity index (χ0) is 17.2. The van der Waals surface area contributed by atoms with Gasteiger partial charge in [-0.15, -0.1) is 0 Å². The molecule has 1 aliphatic heterocycles. The maximum Gasteiger partial charge on any atom is 0.264 e. The van der Waals surface area contributed by atoms with Gasteiger partial charge in [0.15, 0.2) is 11.5 Å². The molecule has 1 aliphatic rings. The second-order valence-electron chi connectivity index (χ2n) is 5.79. The van der Waals surface area contributed by atoms with E-state index >= 15 is 0 Å². The number of fused-ring (bicyclic) bond motifs is 2. The zero-order valence-electron chi connectivity index (χ0n) is 13.3. The van der Waals surface area contributed by atoms with Crippen molar-refractivity contribution in [2.24, 2.45) is 0 Å². The molecule has 2 aromatic carbocycles. The third-order valence-electron chi connectivity index (χ3n) is 4.09. The first-order valence-electron chi connectivity index (χ1n) is 7.98. The standard InChI is InChI=1S/C19H16N2O4/c22-18-9-12(13-5-1-2-6-14(13)21-18)10-20-19(23)17-11-24-15-7-3-4-8-16(15)25-17/h1-9,17H,10-11H2,(H,20,23)(H,21,22)/t17-/m0/s1. The Morgan fingerprint density at radius 1 is 1.12 bits per heavy atom. The van der Waals surface area contributed by atoms with Crippen molar-refractivity contribution in [3.05, 3.63) is 70.5 Å². The Labute approximate surface area is 143 Å². The number of aromatic nitrogens is 1. The largest absolute Gasteiger partial charge is 0.485 e. The lowest BCUT2D eigenvalue weighted by atomic mass is 10.1. The van der Waals surface area contributed by atoms with Crippen LogP contribution in [0, 0.1) is 0 Å². The minimum atomic E-state index is -0.719. The van der Waals surface area contributed by atoms with Gasteiger partial charge < -0.3 is 19.8 Å². The van der Waals surface area contributed by atoms with E-state index in [2.05, 4.69) is 10.3 Å². The molecule has 4 rings (SSSR count). The highest BCUT2D eigenvalue weighted by molar-refractivity contribution is 5.84. The van der Waals surface area contributed by atoms with E-state index in [4.69, 9.17) is 9.47 Å². The molecule has 0 aliphatic carbocycles. The summed E-state index contributed by atoms with van der Waals surface area (Å²) in [5.74, 6) is 0.904. The Balaban J connectivity index is 1.49. The minimum Gasteiger partial charge on any atom is -0.485 e. The van der Waals surface area contributed by atoms with Crippen molar-refractivity contribution in [3.63, 3.8) is 0 Å². The number of ether oxygens (including phenoxy) is 2. The van der Waals surface area contributed by atoms with Crippen molar-refractivity contribution in [3.8, 4) is 11.5 Å². The van der Waals surface area contributed by atoms with E-state index in [1.807, 2.05) is 36.4 Å². The van der Waals surface area contributed by atoms with E-state index in [9.17, 15) is 9.59 Å². The minimum absolute atomic E-state index is 0.152. The quantitative estimate of drug-likeness (QED) is 0.766. The van der Waals surface area contributed by atoms with Gasteiger partial charge in [0, 0.05) is 23.5 Å². The van der Waals surface area contributed by atoms with Crippen LogP contribution in [0.25, 0.3) is 10.9 Å². The Hall–Kier alpha value is -3.28. The summed E-state index contributed by atoms with van der Waals surface area (Å²) >= 11 is 0. The third-order valence-corrected chi connectivity index (χ3v) is 4.09. The molecule has 0 fully saturated rings. The molecule has 3 aromatic rings. The fourth-order valence-corrected chi connectivity index (χ4v) is 2.87. The molecular formula is C19H16N2O4. The van der Waals surface area contributed by atoms with Crippen LogP contribution in [0.15, 0.2) is 59.4 Å². The average Bonchev–Trinajstić information content (AvgIpc) is 2.65. The molecule has 1 aromatic heterocycles. The molecule has 2 heterocycles. The molecular weight excluding hydrogens is 320 g/mol. The highest BCUT2D eigenvalue weighted by Gasteiger charge is 2.27. The molecule has 0 spiro atoms. The lowest BCUT2D eigenvalue weighted by Gasteiger charge is -2.25. The number of hydrogen-bond acceptors (Lipinski definition) is 4. The number of carbonyl (C=O) groups is 1. The summed E-state index contributed by atoms with van der Waals surface area (Å²) in [6.07, 6.45) is -0.719. The Morgan fingerprint density at radius 2 is 1.88 bits per heavy atom. The van der Waals surface area contributed by atoms with Gasteiger partial charge in [-0.1, -0.05) is 30.3 Å². The van der Waals surface area contributed by atoms with E-state index < -0.39 is 6.10 Å². The molecule has 0 radical (unpaired) electrons. The first kappa shape index (κ1) is 15.3. The van der Waals surface area contributed by atoms with Crippen LogP contribution in [0.2, 0.25) is 0 Å². The molecule has 0 saturated heterocycles. The number of pyridine rings is 1. The second kappa shape index (κ2) is 6.32. The summed E-state index contributed by atoms with van der Waals surface area (Å²) in [6, 6.07) is 16.2. The van der Waals surface area contributed by atoms with Crippen LogP contribution in [-0.2, 0) is 11.3 Å². The van der Waals surface area contributed by atoms with Gasteiger partial charge in [0.05, 0.1) is 0 Å². The molecule has 25 heavy (non-hydrogen) atoms. The maximum absolute atomic E-state index is 12.4. The summed E-state index contributed by atoms with van der Waals surface area (Å²) in [5, 5.41) is 3.72. The van der Waals surface area contributed by atoms with E-state index in [0.717, 1.165) is 16.5 Å². The average molecular weight is 336 g/mol. The zero-order valence-corrected chi connectivity index (χ0v) is 13.3. The summed E-state index contributed by atoms with van der Waals surface area (Å²) in [5.41, 5.74) is 1.30. The van der Waals surface area contributed by atoms with Gasteiger partial charge in [-0.25, -0.2) is 0 Å². The molecule has 6 heteroatoms. The van der Waals surface area contributed by atoms with E-state index in [1.165, 1.54) is 6.07 Å². The van der Waals surface area contributed by atoms with Crippen molar-refractivity contribution in [2.45, 2.75) is 12.6 Å². The van der Waals surface area contributed by atoms with Crippen LogP contribution in [0.1, 0.15) is 5.56 Å². The van der Waals surface area contributed by atoms with Crippen LogP contribution < -0.4 is 20.3 Å². The number of aromatic amines is 1. The normalized spacial score (nSPS) is 15.8. The van der Waals surface area contributed by atoms with E-state index in [0.29, 0.717) is 11.5 Å². The Morgan fingerprint density at radius 3 is 2.76 bits per heavy atom. The molecule has 1 atom stereocenters. The monoisotopic (exact) mass is 336 g/mol. The number of para-hydroxylation sites is 3. The molecule has 0 bridgehead atoms. The highest BCUT2D eigenvalue weighted by atomic mass is 16.6. The summed E-state index contributed by atoms with van der Waals surface area (Å²) in [4.78, 5) is 27.0. The number of H-pyrrole nitrogens is 1. The summed E-state index contributed by atoms with van der Waals surface area (Å²) in [7, 11) is 0. The Kier molecular flexibility index (Phi) is 3.85. The number of hydrogen-bond donors (Lipinski definition) is 2. The first-order valence-corrected chi connectivity index (χ1v) is 7.98. The van der Waals surface area contributed by atoms with Gasteiger partial charge in [-0.2, -0.15) is 0 Å². The van der Waals surface area contributed by atoms with Crippen LogP contribution >= 0.6 is 0 Å². The molecule has 6 nitrogen and oxygen atoms in total. The maximum atomic E-state index is 12.4. The van der Waals surface area contributed by atoms with Crippen molar-refractivity contribution >= 4 is 16.8 Å². The highest BCUT2D eigenvalue weighted by Crippen LogP contribution is 2.30. The van der Waals surface area contributed by atoms with Crippen molar-refractivity contribution in [2.75, 3.05) is 6.61 Å². The second-order valence-corrected chi connectivity index (χ2v) is 5.79. The van der Waals surface area contributed by atoms with Gasteiger partial charge >= 0.3 is 0 Å². The van der Waals surface area contributed by atoms with Crippen LogP contribution in [-0.4, -0.2) is 23.6 Å². The smallest absolute Gasteiger partial charge is 0.264 e. The first-order chi connectivity index (χ1) is 12.2. The SMILES string of the molecule is O=C(NCc1cc(=O)[nH]c2ccccc12)[C@@H]1COc2ccccc2O1. The van der Waals surface area contributed by atoms with E-state index in [-0.39, 0.29) is 24.6 Å². The number of benzene rings is 2. The number of rotatable bonds is 3. The molecule has 1 amide bonds. The van der Waals surface area contributed by atoms with Crippen LogP contribution in [0.5, 0.6) is 11.5 Å². The fraction of sp³-hybridized carbons (Fsp3) is 0.158. The Bertz CT molecular complexity index is 996. The van der Waals surface area contributed by atoms with Crippen molar-refractivity contribution in [1.82, 2.24) is 10.3 Å². The summed E-state index contributed by atoms with van der Waals surface area (Å²) < 4.78 is 11.2. The molecule has 126 valence electrons. The van der Waals surface area contributed by atoms with Crippen molar-refractivity contribution in [1.29, 1.82) is 0 Å². The lowest BCUT2D eigenvalue weighted by Crippen LogP contribution is -2.43. The number of amides is 1. The van der Waals surface area contributed by atoms with Gasteiger partial charge in [0.25, 0.3) is 5.91 Å². The topological polar surface area (TPSA) is 80.4 Å². The molecule has 0 saturated carbocycles. The van der Waals surface area contributed by atoms with Crippen molar-refractivity contribution < 1.29 is 14.3 Å². The molecule has 2 N–H and O–H groups in total. The third kappa shape index (κ3) is 3.06. The van der Waals surface area contributed by atoms with Gasteiger partial charge in [0.1, 0.15) is 6.61 Å². The van der Waals surface area contributed by atoms with Gasteiger partial charge in [-0.05, 0) is 23.8 Å². The number of nitrogens with one attached hydrogen (secondary N) is 2. The van der Waals surface area contributed by atoms with Crippen LogP contribution in [0.4, 0.5) is 0 Å². The number of carbonyl (C=O) groups excluding carboxylic acids is 1. The van der Waals surface area contributed by atoms with Gasteiger partial charge in [-0.3, -0.25) is 9.59 Å². The summed E-state index contributed by atoms with van der Waals surface area (Å²) in [6.45, 7) is 0.393.